The molecule has 1 aromatic carbocycles. The summed E-state index contributed by atoms with van der Waals surface area (Å²) in [5, 5.41) is 14.7. The van der Waals surface area contributed by atoms with Gasteiger partial charge in [0.2, 0.25) is 11.8 Å². The van der Waals surface area contributed by atoms with Gasteiger partial charge in [-0.2, -0.15) is 0 Å². The Morgan fingerprint density at radius 2 is 1.83 bits per heavy atom. The number of carbonyl (C=O) groups excluding carboxylic acids is 2. The lowest BCUT2D eigenvalue weighted by Crippen LogP contribution is -2.59. The highest BCUT2D eigenvalue weighted by molar-refractivity contribution is 5.93. The van der Waals surface area contributed by atoms with Crippen molar-refractivity contribution in [2.45, 2.75) is 31.8 Å². The number of methoxy groups -OCH3 is 1. The van der Waals surface area contributed by atoms with Gasteiger partial charge in [0, 0.05) is 19.5 Å². The first-order valence-corrected chi connectivity index (χ1v) is 9.49. The number of nitrogens with one attached hydrogen (secondary N) is 2. The van der Waals surface area contributed by atoms with E-state index in [4.69, 9.17) is 9.47 Å². The van der Waals surface area contributed by atoms with Gasteiger partial charge in [-0.1, -0.05) is 12.1 Å². The lowest BCUT2D eigenvalue weighted by Gasteiger charge is -2.30. The largest absolute Gasteiger partial charge is 0.497 e. The van der Waals surface area contributed by atoms with E-state index in [0.717, 1.165) is 5.56 Å². The minimum Gasteiger partial charge on any atom is -0.497 e. The summed E-state index contributed by atoms with van der Waals surface area (Å²) in [5.41, 5.74) is -0.510. The molecule has 1 aliphatic rings. The third-order valence-electron chi connectivity index (χ3n) is 4.69. The first-order valence-electron chi connectivity index (χ1n) is 9.49. The molecule has 9 nitrogen and oxygen atoms in total. The summed E-state index contributed by atoms with van der Waals surface area (Å²) >= 11 is 0. The van der Waals surface area contributed by atoms with E-state index in [2.05, 4.69) is 10.6 Å². The number of hydrogen-bond acceptors (Lipinski definition) is 6. The molecule has 0 bridgehead atoms. The lowest BCUT2D eigenvalue weighted by atomic mass is 10.0. The molecule has 29 heavy (non-hydrogen) atoms. The van der Waals surface area contributed by atoms with E-state index in [-0.39, 0.29) is 18.9 Å². The molecule has 3 N–H and O–H groups in total. The van der Waals surface area contributed by atoms with Gasteiger partial charge in [-0.15, -0.1) is 0 Å². The zero-order valence-corrected chi connectivity index (χ0v) is 17.1. The molecule has 0 saturated carbocycles. The van der Waals surface area contributed by atoms with E-state index in [1.54, 1.807) is 45.2 Å². The number of nitrogens with zero attached hydrogens (tertiary/aromatic N) is 1. The summed E-state index contributed by atoms with van der Waals surface area (Å²) in [5.74, 6) is -1.35. The normalized spacial score (nSPS) is 16.0. The molecule has 1 aromatic rings. The van der Waals surface area contributed by atoms with Gasteiger partial charge < -0.3 is 25.2 Å². The number of hydrogen-bond donors (Lipinski definition) is 3. The average Bonchev–Trinajstić information content (AvgIpc) is 2.68. The van der Waals surface area contributed by atoms with E-state index < -0.39 is 23.5 Å². The predicted octanol–water partition coefficient (Wildman–Crippen LogP) is 0.0341. The Hall–Kier alpha value is -2.65. The number of amides is 2. The van der Waals surface area contributed by atoms with E-state index in [9.17, 15) is 19.5 Å². The van der Waals surface area contributed by atoms with Gasteiger partial charge >= 0.3 is 5.97 Å². The highest BCUT2D eigenvalue weighted by Gasteiger charge is 2.33. The van der Waals surface area contributed by atoms with Crippen LogP contribution < -0.4 is 15.4 Å². The molecule has 0 radical (unpaired) electrons. The number of carboxylic acids is 1. The Morgan fingerprint density at radius 3 is 2.38 bits per heavy atom. The van der Waals surface area contributed by atoms with Crippen molar-refractivity contribution < 1.29 is 29.0 Å². The van der Waals surface area contributed by atoms with Gasteiger partial charge in [-0.05, 0) is 31.5 Å². The fourth-order valence-electron chi connectivity index (χ4n) is 2.94. The minimum atomic E-state index is -1.25. The minimum absolute atomic E-state index is 0.114. The summed E-state index contributed by atoms with van der Waals surface area (Å²) < 4.78 is 10.3. The first-order chi connectivity index (χ1) is 13.7. The quantitative estimate of drug-likeness (QED) is 0.529. The van der Waals surface area contributed by atoms with Crippen LogP contribution in [0.1, 0.15) is 19.4 Å². The molecular formula is C20H29N3O6. The maximum absolute atomic E-state index is 12.7. The van der Waals surface area contributed by atoms with Crippen molar-refractivity contribution in [1.29, 1.82) is 0 Å². The molecule has 0 aromatic heterocycles. The summed E-state index contributed by atoms with van der Waals surface area (Å²) in [4.78, 5) is 38.5. The third-order valence-corrected chi connectivity index (χ3v) is 4.69. The average molecular weight is 407 g/mol. The van der Waals surface area contributed by atoms with E-state index >= 15 is 0 Å². The zero-order chi connectivity index (χ0) is 21.4. The third kappa shape index (κ3) is 7.03. The van der Waals surface area contributed by atoms with E-state index in [1.165, 1.54) is 0 Å². The molecule has 0 aliphatic carbocycles. The smallest absolute Gasteiger partial charge is 0.326 e. The number of carboxylic acid groups (broad SMARTS) is 1. The van der Waals surface area contributed by atoms with Crippen LogP contribution >= 0.6 is 0 Å². The van der Waals surface area contributed by atoms with Crippen LogP contribution in [0, 0.1) is 0 Å². The van der Waals surface area contributed by atoms with Crippen molar-refractivity contribution in [2.75, 3.05) is 40.0 Å². The molecule has 160 valence electrons. The topological polar surface area (TPSA) is 117 Å². The monoisotopic (exact) mass is 407 g/mol. The summed E-state index contributed by atoms with van der Waals surface area (Å²) in [6, 6.07) is 5.83. The van der Waals surface area contributed by atoms with E-state index in [1.807, 2.05) is 4.90 Å². The van der Waals surface area contributed by atoms with Gasteiger partial charge in [-0.3, -0.25) is 14.5 Å². The van der Waals surface area contributed by atoms with Crippen molar-refractivity contribution in [3.63, 3.8) is 0 Å². The fourth-order valence-corrected chi connectivity index (χ4v) is 2.94. The van der Waals surface area contributed by atoms with Crippen LogP contribution in [0.5, 0.6) is 5.75 Å². The van der Waals surface area contributed by atoms with Crippen molar-refractivity contribution in [1.82, 2.24) is 15.5 Å². The van der Waals surface area contributed by atoms with Crippen molar-refractivity contribution in [3.05, 3.63) is 29.8 Å². The number of morpholine rings is 1. The SMILES string of the molecule is COc1ccc(C[C@H](NC(=O)C(C)(C)NC(=O)CN2CCOCC2)C(=O)O)cc1. The molecule has 1 aliphatic heterocycles. The van der Waals surface area contributed by atoms with Gasteiger partial charge in [0.25, 0.3) is 0 Å². The molecule has 2 rings (SSSR count). The Morgan fingerprint density at radius 1 is 1.21 bits per heavy atom. The Bertz CT molecular complexity index is 713. The number of ether oxygens (including phenoxy) is 2. The number of benzene rings is 1. The fraction of sp³-hybridized carbons (Fsp3) is 0.550. The molecule has 1 fully saturated rings. The van der Waals surface area contributed by atoms with Crippen LogP contribution in [-0.2, 0) is 25.5 Å². The molecule has 1 atom stereocenters. The zero-order valence-electron chi connectivity index (χ0n) is 17.1. The Labute approximate surface area is 170 Å². The second kappa shape index (κ2) is 10.2. The molecule has 0 spiro atoms. The Kier molecular flexibility index (Phi) is 7.98. The van der Waals surface area contributed by atoms with Gasteiger partial charge in [0.05, 0.1) is 26.9 Å². The predicted molar refractivity (Wildman–Crippen MR) is 106 cm³/mol. The molecule has 9 heteroatoms. The van der Waals surface area contributed by atoms with Gasteiger partial charge in [0.1, 0.15) is 17.3 Å². The highest BCUT2D eigenvalue weighted by Crippen LogP contribution is 2.13. The molecule has 2 amide bonds. The summed E-state index contributed by atoms with van der Waals surface area (Å²) in [6.07, 6.45) is 0.114. The van der Waals surface area contributed by atoms with Crippen molar-refractivity contribution in [3.8, 4) is 5.75 Å². The standard InChI is InChI=1S/C20H29N3O6/c1-20(2,22-17(24)13-23-8-10-29-11-9-23)19(27)21-16(18(25)26)12-14-4-6-15(28-3)7-5-14/h4-7,16H,8-13H2,1-3H3,(H,21,27)(H,22,24)(H,25,26)/t16-/m0/s1. The Balaban J connectivity index is 1.93. The van der Waals surface area contributed by atoms with Gasteiger partial charge in [-0.25, -0.2) is 4.79 Å². The maximum atomic E-state index is 12.7. The van der Waals surface area contributed by atoms with Crippen LogP contribution in [0.3, 0.4) is 0 Å². The molecule has 1 heterocycles. The highest BCUT2D eigenvalue weighted by atomic mass is 16.5. The van der Waals surface area contributed by atoms with Crippen molar-refractivity contribution >= 4 is 17.8 Å². The van der Waals surface area contributed by atoms with Gasteiger partial charge in [0.15, 0.2) is 0 Å². The van der Waals surface area contributed by atoms with Crippen LogP contribution in [-0.4, -0.2) is 79.3 Å². The number of rotatable bonds is 9. The summed E-state index contributed by atoms with van der Waals surface area (Å²) in [7, 11) is 1.55. The van der Waals surface area contributed by atoms with Crippen LogP contribution in [0.2, 0.25) is 0 Å². The van der Waals surface area contributed by atoms with Crippen LogP contribution in [0.4, 0.5) is 0 Å². The first kappa shape index (κ1) is 22.6. The van der Waals surface area contributed by atoms with Crippen molar-refractivity contribution in [2.24, 2.45) is 0 Å². The maximum Gasteiger partial charge on any atom is 0.326 e. The molecule has 1 saturated heterocycles. The number of aliphatic carboxylic acids is 1. The van der Waals surface area contributed by atoms with E-state index in [0.29, 0.717) is 32.1 Å². The lowest BCUT2D eigenvalue weighted by molar-refractivity contribution is -0.143. The second-order valence-corrected chi connectivity index (χ2v) is 7.48. The van der Waals surface area contributed by atoms with Crippen LogP contribution in [0.25, 0.3) is 0 Å². The molecule has 0 unspecified atom stereocenters. The summed E-state index contributed by atoms with van der Waals surface area (Å²) in [6.45, 7) is 5.71. The van der Waals surface area contributed by atoms with Crippen LogP contribution in [0.15, 0.2) is 24.3 Å². The molecular weight excluding hydrogens is 378 g/mol. The second-order valence-electron chi connectivity index (χ2n) is 7.48. The number of carbonyl (C=O) groups is 3.